The van der Waals surface area contributed by atoms with Gasteiger partial charge in [-0.05, 0) is 37.1 Å². The lowest BCUT2D eigenvalue weighted by Crippen LogP contribution is -2.30. The van der Waals surface area contributed by atoms with Gasteiger partial charge in [-0.15, -0.1) is 0 Å². The van der Waals surface area contributed by atoms with E-state index in [1.807, 2.05) is 6.92 Å². The Kier molecular flexibility index (Phi) is 6.14. The van der Waals surface area contributed by atoms with Crippen LogP contribution in [0.15, 0.2) is 36.7 Å². The zero-order valence-corrected chi connectivity index (χ0v) is 16.7. The summed E-state index contributed by atoms with van der Waals surface area (Å²) in [6.45, 7) is 3.44. The second-order valence-corrected chi connectivity index (χ2v) is 7.14. The molecule has 2 aromatic carbocycles. The van der Waals surface area contributed by atoms with E-state index < -0.39 is 23.6 Å². The molecule has 0 saturated carbocycles. The molecule has 2 unspecified atom stereocenters. The molecule has 1 amide bonds. The van der Waals surface area contributed by atoms with E-state index in [9.17, 15) is 13.6 Å². The van der Waals surface area contributed by atoms with Crippen molar-refractivity contribution in [3.63, 3.8) is 0 Å². The van der Waals surface area contributed by atoms with Gasteiger partial charge in [-0.2, -0.15) is 5.26 Å². The van der Waals surface area contributed by atoms with Crippen LogP contribution in [-0.4, -0.2) is 15.5 Å². The van der Waals surface area contributed by atoms with Crippen molar-refractivity contribution in [3.8, 4) is 6.07 Å². The molecule has 1 aromatic heterocycles. The molecule has 0 aliphatic rings. The van der Waals surface area contributed by atoms with Gasteiger partial charge >= 0.3 is 0 Å². The van der Waals surface area contributed by atoms with Crippen LogP contribution in [0, 0.1) is 23.0 Å². The van der Waals surface area contributed by atoms with Gasteiger partial charge in [-0.25, -0.2) is 13.8 Å². The highest BCUT2D eigenvalue weighted by molar-refractivity contribution is 6.35. The number of hydrogen-bond donors (Lipinski definition) is 1. The first-order valence-electron chi connectivity index (χ1n) is 9.12. The molecule has 0 aliphatic heterocycles. The van der Waals surface area contributed by atoms with Gasteiger partial charge in [-0.1, -0.05) is 30.7 Å². The Morgan fingerprint density at radius 3 is 2.72 bits per heavy atom. The number of carbonyl (C=O) groups excluding carboxylic acids is 1. The number of nitrogens with zero attached hydrogens (tertiary/aromatic N) is 3. The molecule has 0 spiro atoms. The van der Waals surface area contributed by atoms with Crippen LogP contribution in [0.5, 0.6) is 0 Å². The fourth-order valence-corrected chi connectivity index (χ4v) is 3.49. The highest BCUT2D eigenvalue weighted by Gasteiger charge is 2.18. The quantitative estimate of drug-likeness (QED) is 0.623. The molecule has 0 aliphatic carbocycles. The molecule has 150 valence electrons. The summed E-state index contributed by atoms with van der Waals surface area (Å²) in [7, 11) is 0. The Bertz CT molecular complexity index is 1110. The molecule has 3 aromatic rings. The molecular weight excluding hydrogens is 398 g/mol. The van der Waals surface area contributed by atoms with E-state index in [1.165, 1.54) is 29.1 Å². The fourth-order valence-electron chi connectivity index (χ4n) is 3.22. The van der Waals surface area contributed by atoms with Gasteiger partial charge in [0.1, 0.15) is 23.2 Å². The minimum atomic E-state index is -0.590. The third-order valence-electron chi connectivity index (χ3n) is 4.83. The maximum Gasteiger partial charge on any atom is 0.240 e. The van der Waals surface area contributed by atoms with Gasteiger partial charge in [0.15, 0.2) is 0 Å². The van der Waals surface area contributed by atoms with Crippen molar-refractivity contribution in [2.24, 2.45) is 0 Å². The van der Waals surface area contributed by atoms with Crippen LogP contribution in [0.2, 0.25) is 5.02 Å². The summed E-state index contributed by atoms with van der Waals surface area (Å²) in [4.78, 5) is 16.6. The van der Waals surface area contributed by atoms with Gasteiger partial charge in [0.05, 0.1) is 35.4 Å². The van der Waals surface area contributed by atoms with E-state index >= 15 is 0 Å². The number of imidazole rings is 1. The third-order valence-corrected chi connectivity index (χ3v) is 5.19. The van der Waals surface area contributed by atoms with Gasteiger partial charge in [0.25, 0.3) is 0 Å². The van der Waals surface area contributed by atoms with Crippen LogP contribution in [0.1, 0.15) is 43.4 Å². The molecule has 2 atom stereocenters. The number of aromatic nitrogens is 2. The Hall–Kier alpha value is -2.98. The Morgan fingerprint density at radius 2 is 2.07 bits per heavy atom. The largest absolute Gasteiger partial charge is 0.348 e. The lowest BCUT2D eigenvalue weighted by Gasteiger charge is -2.17. The van der Waals surface area contributed by atoms with Gasteiger partial charge in [0.2, 0.25) is 5.91 Å². The number of carbonyl (C=O) groups is 1. The average Bonchev–Trinajstić information content (AvgIpc) is 3.09. The van der Waals surface area contributed by atoms with Crippen LogP contribution in [0.3, 0.4) is 0 Å². The van der Waals surface area contributed by atoms with Crippen molar-refractivity contribution in [3.05, 3.63) is 64.4 Å². The smallest absolute Gasteiger partial charge is 0.240 e. The van der Waals surface area contributed by atoms with E-state index in [2.05, 4.69) is 16.4 Å². The molecule has 8 heteroatoms. The number of benzene rings is 2. The van der Waals surface area contributed by atoms with E-state index in [-0.39, 0.29) is 17.5 Å². The van der Waals surface area contributed by atoms with E-state index in [0.717, 1.165) is 0 Å². The minimum absolute atomic E-state index is 0.0959. The van der Waals surface area contributed by atoms with Crippen molar-refractivity contribution in [2.45, 2.75) is 38.8 Å². The summed E-state index contributed by atoms with van der Waals surface area (Å²) in [5.41, 5.74) is 1.75. The van der Waals surface area contributed by atoms with Gasteiger partial charge in [-0.3, -0.25) is 4.79 Å². The van der Waals surface area contributed by atoms with Crippen LogP contribution >= 0.6 is 11.6 Å². The molecule has 29 heavy (non-hydrogen) atoms. The maximum absolute atomic E-state index is 14.4. The predicted octanol–water partition coefficient (Wildman–Crippen LogP) is 4.86. The lowest BCUT2D eigenvalue weighted by atomic mass is 9.95. The van der Waals surface area contributed by atoms with Crippen LogP contribution < -0.4 is 5.32 Å². The predicted molar refractivity (Wildman–Crippen MR) is 106 cm³/mol. The van der Waals surface area contributed by atoms with Crippen molar-refractivity contribution < 1.29 is 13.6 Å². The first-order chi connectivity index (χ1) is 13.8. The summed E-state index contributed by atoms with van der Waals surface area (Å²) < 4.78 is 29.6. The summed E-state index contributed by atoms with van der Waals surface area (Å²) in [6.07, 6.45) is 1.93. The monoisotopic (exact) mass is 416 g/mol. The third kappa shape index (κ3) is 4.22. The Morgan fingerprint density at radius 1 is 1.31 bits per heavy atom. The summed E-state index contributed by atoms with van der Waals surface area (Å²) in [6, 6.07) is 8.94. The van der Waals surface area contributed by atoms with Crippen molar-refractivity contribution in [2.75, 3.05) is 0 Å². The minimum Gasteiger partial charge on any atom is -0.348 e. The SMILES string of the molecule is CCC(C#N)c1ccc(C(C)NC(=O)Cn2cnc3ccc(F)c(Cl)c32)cc1F. The zero-order valence-electron chi connectivity index (χ0n) is 15.9. The number of halogens is 3. The maximum atomic E-state index is 14.4. The molecule has 0 bridgehead atoms. The number of rotatable bonds is 6. The second-order valence-electron chi connectivity index (χ2n) is 6.76. The molecular formula is C21H19ClF2N4O. The van der Waals surface area contributed by atoms with E-state index in [4.69, 9.17) is 16.9 Å². The van der Waals surface area contributed by atoms with Gasteiger partial charge in [0, 0.05) is 5.56 Å². The van der Waals surface area contributed by atoms with Crippen LogP contribution in [0.25, 0.3) is 11.0 Å². The number of amides is 1. The topological polar surface area (TPSA) is 70.7 Å². The molecule has 5 nitrogen and oxygen atoms in total. The molecule has 0 fully saturated rings. The first-order valence-corrected chi connectivity index (χ1v) is 9.50. The van der Waals surface area contributed by atoms with Crippen molar-refractivity contribution >= 4 is 28.5 Å². The number of fused-ring (bicyclic) bond motifs is 1. The Labute approximate surface area is 171 Å². The molecule has 3 rings (SSSR count). The number of nitriles is 1. The summed E-state index contributed by atoms with van der Waals surface area (Å²) in [5.74, 6) is -1.92. The fraction of sp³-hybridized carbons (Fsp3) is 0.286. The number of nitrogens with one attached hydrogen (secondary N) is 1. The standard InChI is InChI=1S/C21H19ClF2N4O/c1-3-13(9-25)15-5-4-14(8-17(15)24)12(2)27-19(29)10-28-11-26-18-7-6-16(23)20(22)21(18)28/h4-8,11-13H,3,10H2,1-2H3,(H,27,29). The highest BCUT2D eigenvalue weighted by Crippen LogP contribution is 2.26. The van der Waals surface area contributed by atoms with E-state index in [0.29, 0.717) is 28.6 Å². The van der Waals surface area contributed by atoms with Gasteiger partial charge < -0.3 is 9.88 Å². The molecule has 0 saturated heterocycles. The average molecular weight is 417 g/mol. The van der Waals surface area contributed by atoms with E-state index in [1.54, 1.807) is 19.1 Å². The normalized spacial score (nSPS) is 13.1. The number of hydrogen-bond acceptors (Lipinski definition) is 3. The molecule has 1 heterocycles. The molecule has 1 N–H and O–H groups in total. The Balaban J connectivity index is 1.74. The van der Waals surface area contributed by atoms with Crippen LogP contribution in [-0.2, 0) is 11.3 Å². The highest BCUT2D eigenvalue weighted by atomic mass is 35.5. The van der Waals surface area contributed by atoms with Crippen molar-refractivity contribution in [1.82, 2.24) is 14.9 Å². The summed E-state index contributed by atoms with van der Waals surface area (Å²) >= 11 is 6.01. The zero-order chi connectivity index (χ0) is 21.1. The molecule has 0 radical (unpaired) electrons. The van der Waals surface area contributed by atoms with Crippen LogP contribution in [0.4, 0.5) is 8.78 Å². The first kappa shape index (κ1) is 20.7. The lowest BCUT2D eigenvalue weighted by molar-refractivity contribution is -0.122. The second kappa shape index (κ2) is 8.58. The van der Waals surface area contributed by atoms with Crippen molar-refractivity contribution in [1.29, 1.82) is 5.26 Å². The summed E-state index contributed by atoms with van der Waals surface area (Å²) in [5, 5.41) is 11.8.